The zero-order valence-electron chi connectivity index (χ0n) is 46.5. The third-order valence-electron chi connectivity index (χ3n) is 17.7. The van der Waals surface area contributed by atoms with Crippen molar-refractivity contribution >= 4 is 101 Å². The molecule has 394 valence electrons. The van der Waals surface area contributed by atoms with Crippen molar-refractivity contribution in [1.82, 2.24) is 0 Å². The number of fused-ring (bicyclic) bond motifs is 4. The molecule has 2 heteroatoms. The molecule has 84 heavy (non-hydrogen) atoms. The van der Waals surface area contributed by atoms with Gasteiger partial charge in [0, 0.05) is 0 Å². The van der Waals surface area contributed by atoms with Crippen LogP contribution in [-0.2, 0) is 0 Å². The van der Waals surface area contributed by atoms with Gasteiger partial charge in [-0.15, -0.1) is 0 Å². The van der Waals surface area contributed by atoms with Gasteiger partial charge in [0.1, 0.15) is 0 Å². The highest BCUT2D eigenvalue weighted by molar-refractivity contribution is 7.20. The summed E-state index contributed by atoms with van der Waals surface area (Å²) in [7, 11) is -5.44. The van der Waals surface area contributed by atoms with Crippen molar-refractivity contribution in [3.63, 3.8) is 0 Å². The first-order valence-electron chi connectivity index (χ1n) is 29.2. The minimum atomic E-state index is -2.72. The molecule has 0 bridgehead atoms. The van der Waals surface area contributed by atoms with Crippen LogP contribution < -0.4 is 41.5 Å². The third kappa shape index (κ3) is 8.66. The van der Waals surface area contributed by atoms with Gasteiger partial charge < -0.3 is 0 Å². The predicted octanol–water partition coefficient (Wildman–Crippen LogP) is 15.7. The van der Waals surface area contributed by atoms with Gasteiger partial charge in [0.2, 0.25) is 0 Å². The standard InChI is InChI=1S/C82H58Si2/c1-7-27-69(28-8-1)83(70-29-9-2-10-30-70,71-31-11-3-12-32-71)75-49-43-61(44-50-75)65-47-53-77-79(57-65)81(67-41-39-59-23-19-21-25-63(59)55-67)78-54-48-66(58-80(78)82(77)68-42-40-60-24-20-22-26-64(60)56-68)62-45-51-76(52-46-62)84(72-33-13-4-14-34-72,73-35-15-5-16-36-73)74-37-17-6-18-38-74/h1-58H. The van der Waals surface area contributed by atoms with E-state index in [1.54, 1.807) is 0 Å². The topological polar surface area (TPSA) is 0 Å². The molecule has 0 amide bonds. The van der Waals surface area contributed by atoms with Gasteiger partial charge in [-0.25, -0.2) is 0 Å². The lowest BCUT2D eigenvalue weighted by molar-refractivity contribution is 1.63. The summed E-state index contributed by atoms with van der Waals surface area (Å²) in [6, 6.07) is 132. The lowest BCUT2D eigenvalue weighted by Crippen LogP contribution is -2.74. The van der Waals surface area contributed by atoms with E-state index in [0.717, 1.165) is 0 Å². The molecule has 15 aromatic rings. The van der Waals surface area contributed by atoms with Crippen molar-refractivity contribution in [3.05, 3.63) is 352 Å². The van der Waals surface area contributed by atoms with Crippen LogP contribution >= 0.6 is 0 Å². The van der Waals surface area contributed by atoms with Gasteiger partial charge >= 0.3 is 0 Å². The van der Waals surface area contributed by atoms with Crippen molar-refractivity contribution in [2.24, 2.45) is 0 Å². The Kier molecular flexibility index (Phi) is 13.0. The van der Waals surface area contributed by atoms with Crippen molar-refractivity contribution in [2.45, 2.75) is 0 Å². The van der Waals surface area contributed by atoms with Gasteiger partial charge in [0.15, 0.2) is 16.1 Å². The fourth-order valence-corrected chi connectivity index (χ4v) is 23.3. The summed E-state index contributed by atoms with van der Waals surface area (Å²) >= 11 is 0. The van der Waals surface area contributed by atoms with E-state index in [1.165, 1.54) is 129 Å². The van der Waals surface area contributed by atoms with Crippen LogP contribution in [0.1, 0.15) is 0 Å². The van der Waals surface area contributed by atoms with E-state index >= 15 is 0 Å². The third-order valence-corrected chi connectivity index (χ3v) is 27.3. The summed E-state index contributed by atoms with van der Waals surface area (Å²) in [4.78, 5) is 0. The van der Waals surface area contributed by atoms with E-state index in [2.05, 4.69) is 352 Å². The van der Waals surface area contributed by atoms with E-state index in [-0.39, 0.29) is 0 Å². The zero-order chi connectivity index (χ0) is 55.9. The lowest BCUT2D eigenvalue weighted by atomic mass is 9.83. The molecule has 0 spiro atoms. The van der Waals surface area contributed by atoms with Crippen LogP contribution in [-0.4, -0.2) is 16.1 Å². The highest BCUT2D eigenvalue weighted by Gasteiger charge is 2.42. The maximum atomic E-state index is 2.48. The molecule has 0 radical (unpaired) electrons. The largest absolute Gasteiger partial charge is 0.179 e. The number of benzene rings is 15. The molecule has 0 fully saturated rings. The Hall–Kier alpha value is -10.2. The normalized spacial score (nSPS) is 11.8. The maximum Gasteiger partial charge on any atom is 0.179 e. The predicted molar refractivity (Wildman–Crippen MR) is 365 cm³/mol. The second-order valence-corrected chi connectivity index (χ2v) is 29.9. The van der Waals surface area contributed by atoms with Crippen LogP contribution in [0.4, 0.5) is 0 Å². The molecule has 0 nitrogen and oxygen atoms in total. The van der Waals surface area contributed by atoms with Crippen LogP contribution in [0, 0.1) is 0 Å². The lowest BCUT2D eigenvalue weighted by Gasteiger charge is -2.34. The number of rotatable bonds is 12. The molecule has 0 unspecified atom stereocenters. The first-order chi connectivity index (χ1) is 41.6. The van der Waals surface area contributed by atoms with E-state index in [1.807, 2.05) is 0 Å². The summed E-state index contributed by atoms with van der Waals surface area (Å²) < 4.78 is 0. The molecule has 0 saturated carbocycles. The Labute approximate surface area is 493 Å². The quantitative estimate of drug-likeness (QED) is 0.0650. The van der Waals surface area contributed by atoms with Crippen LogP contribution in [0.25, 0.3) is 87.6 Å². The number of hydrogen-bond donors (Lipinski definition) is 0. The summed E-state index contributed by atoms with van der Waals surface area (Å²) in [5, 5.41) is 20.7. The maximum absolute atomic E-state index is 2.72. The van der Waals surface area contributed by atoms with Gasteiger partial charge in [-0.05, 0) is 153 Å². The van der Waals surface area contributed by atoms with Gasteiger partial charge in [-0.1, -0.05) is 328 Å². The fraction of sp³-hybridized carbons (Fsp3) is 0. The Morgan fingerprint density at radius 3 is 0.679 bits per heavy atom. The minimum absolute atomic E-state index is 1.18. The summed E-state index contributed by atoms with van der Waals surface area (Å²) in [5.41, 5.74) is 9.62. The molecule has 15 aromatic carbocycles. The van der Waals surface area contributed by atoms with Crippen molar-refractivity contribution < 1.29 is 0 Å². The molecule has 0 N–H and O–H groups in total. The van der Waals surface area contributed by atoms with E-state index < -0.39 is 16.1 Å². The Morgan fingerprint density at radius 2 is 0.381 bits per heavy atom. The Balaban J connectivity index is 0.942. The molecule has 15 rings (SSSR count). The molecule has 0 aromatic heterocycles. The van der Waals surface area contributed by atoms with E-state index in [4.69, 9.17) is 0 Å². The monoisotopic (exact) mass is 1100 g/mol. The SMILES string of the molecule is c1ccc([Si](c2ccccc2)(c2ccccc2)c2ccc(-c3ccc4c(-c5ccc6ccccc6c5)c5cc(-c6ccc([Si](c7ccccc7)(c7ccccc7)c7ccccc7)cc6)ccc5c(-c5ccc6ccccc6c5)c4c3)cc2)cc1. The van der Waals surface area contributed by atoms with Gasteiger partial charge in [-0.2, -0.15) is 0 Å². The molecule has 0 aliphatic heterocycles. The highest BCUT2D eigenvalue weighted by Crippen LogP contribution is 2.47. The average Bonchev–Trinajstić information content (AvgIpc) is 2.08. The molecule has 0 heterocycles. The van der Waals surface area contributed by atoms with Crippen LogP contribution in [0.2, 0.25) is 0 Å². The van der Waals surface area contributed by atoms with Gasteiger partial charge in [-0.3, -0.25) is 0 Å². The van der Waals surface area contributed by atoms with Crippen LogP contribution in [0.5, 0.6) is 0 Å². The van der Waals surface area contributed by atoms with Crippen LogP contribution in [0.3, 0.4) is 0 Å². The molecule has 0 aliphatic rings. The summed E-state index contributed by atoms with van der Waals surface area (Å²) in [6.45, 7) is 0. The number of hydrogen-bond acceptors (Lipinski definition) is 0. The molecule has 0 saturated heterocycles. The van der Waals surface area contributed by atoms with E-state index in [0.29, 0.717) is 0 Å². The van der Waals surface area contributed by atoms with Gasteiger partial charge in [0.05, 0.1) is 0 Å². The van der Waals surface area contributed by atoms with Gasteiger partial charge in [0.25, 0.3) is 0 Å². The minimum Gasteiger partial charge on any atom is -0.0623 e. The summed E-state index contributed by atoms with van der Waals surface area (Å²) in [5.74, 6) is 0. The first kappa shape index (κ1) is 50.7. The van der Waals surface area contributed by atoms with Crippen molar-refractivity contribution in [3.8, 4) is 44.5 Å². The highest BCUT2D eigenvalue weighted by atomic mass is 28.3. The fourth-order valence-electron chi connectivity index (χ4n) is 13.9. The van der Waals surface area contributed by atoms with Crippen molar-refractivity contribution in [1.29, 1.82) is 0 Å². The molecular formula is C82H58Si2. The van der Waals surface area contributed by atoms with Crippen LogP contribution in [0.15, 0.2) is 352 Å². The molecule has 0 aliphatic carbocycles. The first-order valence-corrected chi connectivity index (χ1v) is 33.2. The van der Waals surface area contributed by atoms with Crippen molar-refractivity contribution in [2.75, 3.05) is 0 Å². The Morgan fingerprint density at radius 1 is 0.143 bits per heavy atom. The Bertz CT molecular complexity index is 4330. The summed E-state index contributed by atoms with van der Waals surface area (Å²) in [6.07, 6.45) is 0. The second-order valence-electron chi connectivity index (χ2n) is 22.2. The molecule has 0 atom stereocenters. The van der Waals surface area contributed by atoms with E-state index in [9.17, 15) is 0 Å². The second kappa shape index (κ2) is 21.6. The molecular weight excluding hydrogens is 1040 g/mol. The smallest absolute Gasteiger partial charge is 0.0623 e. The zero-order valence-corrected chi connectivity index (χ0v) is 48.5. The average molecular weight is 1100 g/mol.